The maximum Gasteiger partial charge on any atom is 0.230 e. The first-order valence-corrected chi connectivity index (χ1v) is 6.66. The lowest BCUT2D eigenvalue weighted by molar-refractivity contribution is 0.618. The molecule has 1 aliphatic heterocycles. The SMILES string of the molecule is Cc1cc(-c2nc(N)nc(N3CCCC3)n2)ccc1F. The van der Waals surface area contributed by atoms with Crippen LogP contribution in [0.15, 0.2) is 18.2 Å². The summed E-state index contributed by atoms with van der Waals surface area (Å²) in [6.45, 7) is 3.58. The van der Waals surface area contributed by atoms with Gasteiger partial charge in [-0.15, -0.1) is 0 Å². The first kappa shape index (κ1) is 12.8. The number of anilines is 2. The number of nitrogen functional groups attached to an aromatic ring is 1. The van der Waals surface area contributed by atoms with Crippen molar-refractivity contribution in [3.63, 3.8) is 0 Å². The first-order chi connectivity index (χ1) is 9.63. The van der Waals surface area contributed by atoms with Gasteiger partial charge in [0.1, 0.15) is 5.82 Å². The molecule has 20 heavy (non-hydrogen) atoms. The zero-order chi connectivity index (χ0) is 14.1. The van der Waals surface area contributed by atoms with Crippen molar-refractivity contribution in [3.05, 3.63) is 29.6 Å². The summed E-state index contributed by atoms with van der Waals surface area (Å²) in [5.41, 5.74) is 7.08. The second-order valence-electron chi connectivity index (χ2n) is 4.98. The third-order valence-corrected chi connectivity index (χ3v) is 3.45. The van der Waals surface area contributed by atoms with Gasteiger partial charge in [0.2, 0.25) is 11.9 Å². The van der Waals surface area contributed by atoms with Crippen LogP contribution < -0.4 is 10.6 Å². The number of halogens is 1. The van der Waals surface area contributed by atoms with E-state index in [1.807, 2.05) is 0 Å². The maximum absolute atomic E-state index is 13.3. The Morgan fingerprint density at radius 1 is 1.15 bits per heavy atom. The highest BCUT2D eigenvalue weighted by Gasteiger charge is 2.17. The van der Waals surface area contributed by atoms with Gasteiger partial charge in [0, 0.05) is 18.7 Å². The standard InChI is InChI=1S/C14H16FN5/c1-9-8-10(4-5-11(9)15)12-17-13(16)19-14(18-12)20-6-2-3-7-20/h4-5,8H,2-3,6-7H2,1H3,(H2,16,17,18,19). The van der Waals surface area contributed by atoms with Crippen LogP contribution >= 0.6 is 0 Å². The van der Waals surface area contributed by atoms with Crippen LogP contribution in [0.4, 0.5) is 16.3 Å². The van der Waals surface area contributed by atoms with Crippen molar-refractivity contribution in [2.24, 2.45) is 0 Å². The van der Waals surface area contributed by atoms with Crippen LogP contribution in [0.2, 0.25) is 0 Å². The minimum atomic E-state index is -0.240. The van der Waals surface area contributed by atoms with Crippen molar-refractivity contribution >= 4 is 11.9 Å². The van der Waals surface area contributed by atoms with E-state index in [-0.39, 0.29) is 11.8 Å². The van der Waals surface area contributed by atoms with Gasteiger partial charge in [-0.1, -0.05) is 0 Å². The van der Waals surface area contributed by atoms with Crippen molar-refractivity contribution in [1.82, 2.24) is 15.0 Å². The Labute approximate surface area is 116 Å². The van der Waals surface area contributed by atoms with Crippen molar-refractivity contribution in [2.45, 2.75) is 19.8 Å². The largest absolute Gasteiger partial charge is 0.368 e. The minimum absolute atomic E-state index is 0.193. The Morgan fingerprint density at radius 3 is 2.60 bits per heavy atom. The molecule has 3 rings (SSSR count). The summed E-state index contributed by atoms with van der Waals surface area (Å²) in [5, 5.41) is 0. The number of hydrogen-bond donors (Lipinski definition) is 1. The molecule has 0 saturated carbocycles. The number of nitrogens with zero attached hydrogens (tertiary/aromatic N) is 4. The Bertz CT molecular complexity index is 637. The number of benzene rings is 1. The summed E-state index contributed by atoms with van der Waals surface area (Å²) in [5.74, 6) is 1.05. The highest BCUT2D eigenvalue weighted by Crippen LogP contribution is 2.22. The molecule has 6 heteroatoms. The molecule has 1 aliphatic rings. The number of aryl methyl sites for hydroxylation is 1. The zero-order valence-corrected chi connectivity index (χ0v) is 11.3. The molecule has 1 aromatic heterocycles. The number of nitrogens with two attached hydrogens (primary N) is 1. The molecule has 104 valence electrons. The molecule has 0 atom stereocenters. The lowest BCUT2D eigenvalue weighted by Crippen LogP contribution is -2.21. The van der Waals surface area contributed by atoms with Crippen LogP contribution in [0.5, 0.6) is 0 Å². The molecule has 0 unspecified atom stereocenters. The molecule has 2 heterocycles. The Kier molecular flexibility index (Phi) is 3.22. The fourth-order valence-corrected chi connectivity index (χ4v) is 2.35. The van der Waals surface area contributed by atoms with Gasteiger partial charge >= 0.3 is 0 Å². The van der Waals surface area contributed by atoms with Gasteiger partial charge in [-0.05, 0) is 43.5 Å². The summed E-state index contributed by atoms with van der Waals surface area (Å²) in [6.07, 6.45) is 2.27. The highest BCUT2D eigenvalue weighted by atomic mass is 19.1. The van der Waals surface area contributed by atoms with Crippen LogP contribution in [0.1, 0.15) is 18.4 Å². The van der Waals surface area contributed by atoms with Crippen molar-refractivity contribution in [2.75, 3.05) is 23.7 Å². The van der Waals surface area contributed by atoms with Crippen LogP contribution in [0, 0.1) is 12.7 Å². The second kappa shape index (κ2) is 5.03. The predicted molar refractivity (Wildman–Crippen MR) is 75.8 cm³/mol. The van der Waals surface area contributed by atoms with E-state index in [2.05, 4.69) is 19.9 Å². The van der Waals surface area contributed by atoms with Gasteiger partial charge in [-0.3, -0.25) is 0 Å². The molecular weight excluding hydrogens is 257 g/mol. The third-order valence-electron chi connectivity index (χ3n) is 3.45. The molecule has 0 bridgehead atoms. The van der Waals surface area contributed by atoms with Gasteiger partial charge in [0.15, 0.2) is 5.82 Å². The molecule has 1 aromatic carbocycles. The van der Waals surface area contributed by atoms with Gasteiger partial charge in [0.05, 0.1) is 0 Å². The first-order valence-electron chi connectivity index (χ1n) is 6.66. The Morgan fingerprint density at radius 2 is 1.90 bits per heavy atom. The van der Waals surface area contributed by atoms with Crippen molar-refractivity contribution < 1.29 is 4.39 Å². The van der Waals surface area contributed by atoms with E-state index in [9.17, 15) is 4.39 Å². The van der Waals surface area contributed by atoms with E-state index >= 15 is 0 Å². The molecule has 0 radical (unpaired) electrons. The zero-order valence-electron chi connectivity index (χ0n) is 11.3. The average molecular weight is 273 g/mol. The second-order valence-corrected chi connectivity index (χ2v) is 4.98. The monoisotopic (exact) mass is 273 g/mol. The molecule has 0 amide bonds. The van der Waals surface area contributed by atoms with Crippen LogP contribution in [-0.4, -0.2) is 28.0 Å². The maximum atomic E-state index is 13.3. The molecule has 1 saturated heterocycles. The van der Waals surface area contributed by atoms with E-state index in [0.717, 1.165) is 31.5 Å². The molecule has 0 aliphatic carbocycles. The van der Waals surface area contributed by atoms with Crippen LogP contribution in [-0.2, 0) is 0 Å². The van der Waals surface area contributed by atoms with E-state index in [1.165, 1.54) is 6.07 Å². The summed E-state index contributed by atoms with van der Waals surface area (Å²) < 4.78 is 13.3. The molecule has 2 N–H and O–H groups in total. The summed E-state index contributed by atoms with van der Waals surface area (Å²) in [4.78, 5) is 14.9. The van der Waals surface area contributed by atoms with E-state index < -0.39 is 0 Å². The van der Waals surface area contributed by atoms with Crippen molar-refractivity contribution in [1.29, 1.82) is 0 Å². The average Bonchev–Trinajstić information content (AvgIpc) is 2.95. The van der Waals surface area contributed by atoms with Gasteiger partial charge in [-0.2, -0.15) is 15.0 Å². The normalized spacial score (nSPS) is 14.8. The number of aromatic nitrogens is 3. The molecule has 5 nitrogen and oxygen atoms in total. The summed E-state index contributed by atoms with van der Waals surface area (Å²) in [6, 6.07) is 4.79. The number of rotatable bonds is 2. The van der Waals surface area contributed by atoms with E-state index in [0.29, 0.717) is 17.3 Å². The Hall–Kier alpha value is -2.24. The fourth-order valence-electron chi connectivity index (χ4n) is 2.35. The van der Waals surface area contributed by atoms with E-state index in [1.54, 1.807) is 19.1 Å². The van der Waals surface area contributed by atoms with Crippen LogP contribution in [0.3, 0.4) is 0 Å². The topological polar surface area (TPSA) is 67.9 Å². The smallest absolute Gasteiger partial charge is 0.230 e. The summed E-state index contributed by atoms with van der Waals surface area (Å²) >= 11 is 0. The van der Waals surface area contributed by atoms with Crippen LogP contribution in [0.25, 0.3) is 11.4 Å². The van der Waals surface area contributed by atoms with Crippen molar-refractivity contribution in [3.8, 4) is 11.4 Å². The third kappa shape index (κ3) is 2.41. The molecule has 2 aromatic rings. The molecular formula is C14H16FN5. The Balaban J connectivity index is 2.02. The minimum Gasteiger partial charge on any atom is -0.368 e. The van der Waals surface area contributed by atoms with Gasteiger partial charge < -0.3 is 10.6 Å². The van der Waals surface area contributed by atoms with Gasteiger partial charge in [0.25, 0.3) is 0 Å². The number of hydrogen-bond acceptors (Lipinski definition) is 5. The summed E-state index contributed by atoms with van der Waals surface area (Å²) in [7, 11) is 0. The lowest BCUT2D eigenvalue weighted by Gasteiger charge is -2.15. The van der Waals surface area contributed by atoms with E-state index in [4.69, 9.17) is 5.73 Å². The lowest BCUT2D eigenvalue weighted by atomic mass is 10.1. The highest BCUT2D eigenvalue weighted by molar-refractivity contribution is 5.59. The molecule has 0 spiro atoms. The molecule has 1 fully saturated rings. The van der Waals surface area contributed by atoms with Gasteiger partial charge in [-0.25, -0.2) is 4.39 Å². The fraction of sp³-hybridized carbons (Fsp3) is 0.357. The quantitative estimate of drug-likeness (QED) is 0.908. The predicted octanol–water partition coefficient (Wildman–Crippen LogP) is 2.17.